The largest absolute Gasteiger partial charge is 0.497 e. The lowest BCUT2D eigenvalue weighted by Crippen LogP contribution is -2.22. The predicted octanol–water partition coefficient (Wildman–Crippen LogP) is 2.94. The molecule has 0 radical (unpaired) electrons. The minimum Gasteiger partial charge on any atom is -0.497 e. The number of pyridine rings is 1. The van der Waals surface area contributed by atoms with Crippen LogP contribution in [-0.4, -0.2) is 25.1 Å². The van der Waals surface area contributed by atoms with Crippen LogP contribution >= 0.6 is 0 Å². The summed E-state index contributed by atoms with van der Waals surface area (Å²) in [5.41, 5.74) is -0.288. The third-order valence-electron chi connectivity index (χ3n) is 3.76. The predicted molar refractivity (Wildman–Crippen MR) is 92.0 cm³/mol. The summed E-state index contributed by atoms with van der Waals surface area (Å²) in [6.07, 6.45) is 1.19. The fraction of sp³-hybridized carbons (Fsp3) is 0.111. The maximum Gasteiger partial charge on any atom is 0.261 e. The molecule has 7 heteroatoms. The molecule has 0 bridgehead atoms. The number of methoxy groups -OCH3 is 2. The Bertz CT molecular complexity index is 1010. The summed E-state index contributed by atoms with van der Waals surface area (Å²) in [5, 5.41) is 2.72. The van der Waals surface area contributed by atoms with Gasteiger partial charge in [0.15, 0.2) is 0 Å². The Balaban J connectivity index is 2.01. The van der Waals surface area contributed by atoms with Gasteiger partial charge in [-0.3, -0.25) is 9.59 Å². The van der Waals surface area contributed by atoms with Crippen molar-refractivity contribution in [3.8, 4) is 11.5 Å². The Morgan fingerprint density at radius 3 is 2.68 bits per heavy atom. The molecule has 1 amide bonds. The summed E-state index contributed by atoms with van der Waals surface area (Å²) >= 11 is 0. The molecular formula is C18H15FN2O4. The topological polar surface area (TPSA) is 80.4 Å². The number of ether oxygens (including phenoxy) is 2. The number of aromatic amines is 1. The summed E-state index contributed by atoms with van der Waals surface area (Å²) < 4.78 is 24.0. The number of halogens is 1. The van der Waals surface area contributed by atoms with E-state index in [2.05, 4.69) is 10.3 Å². The number of H-pyrrole nitrogens is 1. The highest BCUT2D eigenvalue weighted by Gasteiger charge is 2.16. The molecule has 0 atom stereocenters. The van der Waals surface area contributed by atoms with Crippen molar-refractivity contribution in [2.75, 3.05) is 19.5 Å². The summed E-state index contributed by atoms with van der Waals surface area (Å²) in [7, 11) is 2.96. The van der Waals surface area contributed by atoms with Crippen LogP contribution in [0.15, 0.2) is 47.4 Å². The van der Waals surface area contributed by atoms with Gasteiger partial charge >= 0.3 is 0 Å². The van der Waals surface area contributed by atoms with Gasteiger partial charge in [-0.2, -0.15) is 0 Å². The third-order valence-corrected chi connectivity index (χ3v) is 3.76. The number of carbonyl (C=O) groups is 1. The van der Waals surface area contributed by atoms with E-state index in [0.717, 1.165) is 0 Å². The van der Waals surface area contributed by atoms with Gasteiger partial charge in [0.05, 0.1) is 25.4 Å². The number of hydrogen-bond donors (Lipinski definition) is 2. The zero-order chi connectivity index (χ0) is 18.0. The number of hydrogen-bond acceptors (Lipinski definition) is 4. The first-order chi connectivity index (χ1) is 12.0. The average molecular weight is 342 g/mol. The normalized spacial score (nSPS) is 10.5. The standard InChI is InChI=1S/C18H15FN2O4/c1-24-10-6-7-15(25-2)14(8-10)21-18(23)12-9-20-16-11(17(12)22)4-3-5-13(16)19/h3-9H,1-2H3,(H,20,22)(H,21,23). The Morgan fingerprint density at radius 1 is 1.16 bits per heavy atom. The molecule has 0 aliphatic carbocycles. The van der Waals surface area contributed by atoms with Crippen LogP contribution in [0.5, 0.6) is 11.5 Å². The SMILES string of the molecule is COc1ccc(OC)c(NC(=O)c2c[nH]c3c(F)cccc3c2=O)c1. The Kier molecular flexibility index (Phi) is 4.38. The molecule has 0 aliphatic rings. The van der Waals surface area contributed by atoms with Gasteiger partial charge in [-0.05, 0) is 24.3 Å². The molecule has 0 saturated heterocycles. The van der Waals surface area contributed by atoms with E-state index in [-0.39, 0.29) is 16.5 Å². The Morgan fingerprint density at radius 2 is 1.96 bits per heavy atom. The Labute approximate surface area is 142 Å². The quantitative estimate of drug-likeness (QED) is 0.764. The first-order valence-electron chi connectivity index (χ1n) is 7.38. The highest BCUT2D eigenvalue weighted by Crippen LogP contribution is 2.29. The highest BCUT2D eigenvalue weighted by molar-refractivity contribution is 6.06. The van der Waals surface area contributed by atoms with Gasteiger partial charge in [-0.25, -0.2) is 4.39 Å². The summed E-state index contributed by atoms with van der Waals surface area (Å²) in [6, 6.07) is 9.00. The lowest BCUT2D eigenvalue weighted by molar-refractivity contribution is 0.102. The number of rotatable bonds is 4. The molecule has 0 saturated carbocycles. The van der Waals surface area contributed by atoms with E-state index in [9.17, 15) is 14.0 Å². The molecule has 3 rings (SSSR count). The van der Waals surface area contributed by atoms with Crippen molar-refractivity contribution < 1.29 is 18.7 Å². The number of benzene rings is 2. The zero-order valence-corrected chi connectivity index (χ0v) is 13.6. The van der Waals surface area contributed by atoms with Crippen LogP contribution in [0.25, 0.3) is 10.9 Å². The lowest BCUT2D eigenvalue weighted by atomic mass is 10.1. The van der Waals surface area contributed by atoms with Crippen molar-refractivity contribution in [1.82, 2.24) is 4.98 Å². The van der Waals surface area contributed by atoms with Gasteiger partial charge in [0, 0.05) is 17.6 Å². The van der Waals surface area contributed by atoms with Crippen LogP contribution in [0.4, 0.5) is 10.1 Å². The van der Waals surface area contributed by atoms with E-state index in [1.165, 1.54) is 38.6 Å². The molecule has 0 unspecified atom stereocenters. The van der Waals surface area contributed by atoms with Gasteiger partial charge in [0.1, 0.15) is 22.9 Å². The first-order valence-corrected chi connectivity index (χ1v) is 7.38. The summed E-state index contributed by atoms with van der Waals surface area (Å²) in [5.74, 6) is -0.266. The van der Waals surface area contributed by atoms with Crippen molar-refractivity contribution >= 4 is 22.5 Å². The molecule has 0 aliphatic heterocycles. The molecule has 3 aromatic rings. The fourth-order valence-corrected chi connectivity index (χ4v) is 2.49. The third kappa shape index (κ3) is 3.03. The van der Waals surface area contributed by atoms with Gasteiger partial charge in [-0.1, -0.05) is 6.07 Å². The molecule has 0 fully saturated rings. The van der Waals surface area contributed by atoms with Crippen LogP contribution in [0.3, 0.4) is 0 Å². The van der Waals surface area contributed by atoms with Crippen molar-refractivity contribution in [2.24, 2.45) is 0 Å². The van der Waals surface area contributed by atoms with Crippen molar-refractivity contribution in [3.05, 3.63) is 64.2 Å². The van der Waals surface area contributed by atoms with E-state index in [1.807, 2.05) is 0 Å². The maximum absolute atomic E-state index is 13.7. The van der Waals surface area contributed by atoms with E-state index < -0.39 is 17.2 Å². The van der Waals surface area contributed by atoms with E-state index in [0.29, 0.717) is 17.2 Å². The number of fused-ring (bicyclic) bond motifs is 1. The second kappa shape index (κ2) is 6.64. The van der Waals surface area contributed by atoms with Gasteiger partial charge in [0.25, 0.3) is 5.91 Å². The molecule has 6 nitrogen and oxygen atoms in total. The van der Waals surface area contributed by atoms with Crippen molar-refractivity contribution in [3.63, 3.8) is 0 Å². The summed E-state index contributed by atoms with van der Waals surface area (Å²) in [6.45, 7) is 0. The number of carbonyl (C=O) groups excluding carboxylic acids is 1. The summed E-state index contributed by atoms with van der Waals surface area (Å²) in [4.78, 5) is 27.7. The number of aromatic nitrogens is 1. The van der Waals surface area contributed by atoms with Crippen LogP contribution in [0, 0.1) is 5.82 Å². The second-order valence-electron chi connectivity index (χ2n) is 5.21. The second-order valence-corrected chi connectivity index (χ2v) is 5.21. The van der Waals surface area contributed by atoms with Gasteiger partial charge in [-0.15, -0.1) is 0 Å². The number of anilines is 1. The van der Waals surface area contributed by atoms with E-state index in [1.54, 1.807) is 18.2 Å². The highest BCUT2D eigenvalue weighted by atomic mass is 19.1. The minimum atomic E-state index is -0.640. The van der Waals surface area contributed by atoms with Crippen LogP contribution < -0.4 is 20.2 Å². The molecule has 0 spiro atoms. The number of amides is 1. The Hall–Kier alpha value is -3.35. The maximum atomic E-state index is 13.7. The number of nitrogens with one attached hydrogen (secondary N) is 2. The van der Waals surface area contributed by atoms with Crippen molar-refractivity contribution in [1.29, 1.82) is 0 Å². The van der Waals surface area contributed by atoms with Crippen LogP contribution in [0.1, 0.15) is 10.4 Å². The van der Waals surface area contributed by atoms with Crippen LogP contribution in [-0.2, 0) is 0 Å². The van der Waals surface area contributed by atoms with Crippen molar-refractivity contribution in [2.45, 2.75) is 0 Å². The van der Waals surface area contributed by atoms with Gasteiger partial charge in [0.2, 0.25) is 5.43 Å². The molecule has 128 valence electrons. The lowest BCUT2D eigenvalue weighted by Gasteiger charge is -2.12. The zero-order valence-electron chi connectivity index (χ0n) is 13.6. The van der Waals surface area contributed by atoms with E-state index >= 15 is 0 Å². The molecule has 1 heterocycles. The molecule has 2 N–H and O–H groups in total. The molecule has 2 aromatic carbocycles. The minimum absolute atomic E-state index is 0.0583. The molecule has 25 heavy (non-hydrogen) atoms. The smallest absolute Gasteiger partial charge is 0.261 e. The molecule has 1 aromatic heterocycles. The first kappa shape index (κ1) is 16.5. The van der Waals surface area contributed by atoms with E-state index in [4.69, 9.17) is 9.47 Å². The monoisotopic (exact) mass is 342 g/mol. The average Bonchev–Trinajstić information content (AvgIpc) is 2.62. The number of para-hydroxylation sites is 1. The van der Waals surface area contributed by atoms with Gasteiger partial charge < -0.3 is 19.8 Å². The van der Waals surface area contributed by atoms with Crippen LogP contribution in [0.2, 0.25) is 0 Å². The fourth-order valence-electron chi connectivity index (χ4n) is 2.49. The molecular weight excluding hydrogens is 327 g/mol.